The predicted molar refractivity (Wildman–Crippen MR) is 159 cm³/mol. The van der Waals surface area contributed by atoms with Gasteiger partial charge in [-0.3, -0.25) is 19.1 Å². The minimum absolute atomic E-state index is 0.132. The van der Waals surface area contributed by atoms with Crippen molar-refractivity contribution in [2.45, 2.75) is 27.7 Å². The molecule has 40 heavy (non-hydrogen) atoms. The fourth-order valence-corrected chi connectivity index (χ4v) is 5.88. The van der Waals surface area contributed by atoms with Gasteiger partial charge in [-0.15, -0.1) is 11.3 Å². The number of sulfonamides is 1. The lowest BCUT2D eigenvalue weighted by Gasteiger charge is -2.18. The molecule has 2 N–H and O–H groups in total. The van der Waals surface area contributed by atoms with Crippen LogP contribution < -0.4 is 20.3 Å². The molecule has 2 aromatic heterocycles. The molecule has 0 spiro atoms. The average molecular weight is 580 g/mol. The normalized spacial score (nSPS) is 11.3. The van der Waals surface area contributed by atoms with E-state index in [-0.39, 0.29) is 22.7 Å². The number of fused-ring (bicyclic) bond motifs is 1. The van der Waals surface area contributed by atoms with E-state index in [0.29, 0.717) is 38.7 Å². The van der Waals surface area contributed by atoms with E-state index in [9.17, 15) is 22.8 Å². The fraction of sp³-hybridized carbons (Fsp3) is 0.207. The molecule has 0 saturated heterocycles. The summed E-state index contributed by atoms with van der Waals surface area (Å²) in [4.78, 5) is 39.0. The summed E-state index contributed by atoms with van der Waals surface area (Å²) in [6.07, 6.45) is 2.39. The zero-order valence-corrected chi connectivity index (χ0v) is 24.2. The number of anilines is 1. The van der Waals surface area contributed by atoms with Gasteiger partial charge in [-0.1, -0.05) is 24.8 Å². The monoisotopic (exact) mass is 579 g/mol. The Kier molecular flexibility index (Phi) is 8.26. The summed E-state index contributed by atoms with van der Waals surface area (Å²) in [6.45, 7) is 11.0. The first kappa shape index (κ1) is 28.8. The van der Waals surface area contributed by atoms with Gasteiger partial charge in [0.1, 0.15) is 11.5 Å². The molecule has 0 bridgehead atoms. The van der Waals surface area contributed by atoms with Crippen LogP contribution in [0.2, 0.25) is 0 Å². The van der Waals surface area contributed by atoms with Crippen molar-refractivity contribution in [3.05, 3.63) is 87.7 Å². The number of pyridine rings is 1. The number of hydrogen-bond donors (Lipinski definition) is 2. The van der Waals surface area contributed by atoms with Gasteiger partial charge in [0.25, 0.3) is 17.4 Å². The van der Waals surface area contributed by atoms with Gasteiger partial charge in [0.15, 0.2) is 0 Å². The molecule has 11 heteroatoms. The molecular formula is C29H29N3O6S2. The molecule has 4 aromatic rings. The number of nitrogens with zero attached hydrogens (tertiary/aromatic N) is 1. The highest BCUT2D eigenvalue weighted by atomic mass is 32.2. The molecule has 0 fully saturated rings. The summed E-state index contributed by atoms with van der Waals surface area (Å²) in [5.41, 5.74) is 2.26. The molecule has 4 rings (SSSR count). The van der Waals surface area contributed by atoms with E-state index in [2.05, 4.69) is 16.6 Å². The van der Waals surface area contributed by atoms with Gasteiger partial charge < -0.3 is 10.1 Å². The smallest absolute Gasteiger partial charge is 0.266 e. The predicted octanol–water partition coefficient (Wildman–Crippen LogP) is 5.48. The van der Waals surface area contributed by atoms with Crippen LogP contribution in [0.15, 0.2) is 66.1 Å². The molecule has 0 aliphatic rings. The van der Waals surface area contributed by atoms with Gasteiger partial charge in [0, 0.05) is 29.6 Å². The van der Waals surface area contributed by atoms with Crippen molar-refractivity contribution in [1.29, 1.82) is 0 Å². The third-order valence-electron chi connectivity index (χ3n) is 6.20. The zero-order chi connectivity index (χ0) is 29.2. The molecular weight excluding hydrogens is 550 g/mol. The molecule has 208 valence electrons. The molecule has 9 nitrogen and oxygen atoms in total. The number of para-hydroxylation sites is 1. The number of aryl methyl sites for hydroxylation is 2. The number of thiophene rings is 1. The molecule has 0 atom stereocenters. The summed E-state index contributed by atoms with van der Waals surface area (Å²) in [5, 5.41) is 2.89. The third-order valence-corrected chi connectivity index (χ3v) is 8.68. The van der Waals surface area contributed by atoms with Crippen molar-refractivity contribution >= 4 is 48.9 Å². The van der Waals surface area contributed by atoms with Crippen molar-refractivity contribution in [3.8, 4) is 22.6 Å². The zero-order valence-electron chi connectivity index (χ0n) is 22.5. The Hall–Kier alpha value is -4.22. The number of amides is 1. The van der Waals surface area contributed by atoms with Crippen molar-refractivity contribution in [1.82, 2.24) is 9.88 Å². The van der Waals surface area contributed by atoms with Crippen LogP contribution in [0.5, 0.6) is 11.5 Å². The quantitative estimate of drug-likeness (QED) is 0.253. The number of rotatable bonds is 9. The number of ether oxygens (including phenoxy) is 1. The Morgan fingerprint density at radius 1 is 1.07 bits per heavy atom. The molecule has 0 aliphatic carbocycles. The maximum atomic E-state index is 13.3. The minimum atomic E-state index is -3.61. The maximum Gasteiger partial charge on any atom is 0.266 e. The van der Waals surface area contributed by atoms with Crippen LogP contribution in [0.3, 0.4) is 0 Å². The second-order valence-corrected chi connectivity index (χ2v) is 12.1. The highest BCUT2D eigenvalue weighted by molar-refractivity contribution is 7.92. The molecule has 0 radical (unpaired) electrons. The summed E-state index contributed by atoms with van der Waals surface area (Å²) < 4.78 is 35.1. The Bertz CT molecular complexity index is 1800. The van der Waals surface area contributed by atoms with E-state index < -0.39 is 21.5 Å². The number of carbonyl (C=O) groups excluding carboxylic acids is 2. The molecule has 0 saturated carbocycles. The van der Waals surface area contributed by atoms with Crippen LogP contribution in [0, 0.1) is 13.8 Å². The van der Waals surface area contributed by atoms with E-state index in [1.165, 1.54) is 19.2 Å². The maximum absolute atomic E-state index is 13.3. The van der Waals surface area contributed by atoms with E-state index in [1.54, 1.807) is 25.1 Å². The lowest BCUT2D eigenvalue weighted by Crippen LogP contribution is -2.25. The van der Waals surface area contributed by atoms with Gasteiger partial charge in [-0.2, -0.15) is 0 Å². The number of benzene rings is 2. The Morgan fingerprint density at radius 3 is 2.40 bits per heavy atom. The van der Waals surface area contributed by atoms with Crippen LogP contribution >= 0.6 is 11.3 Å². The lowest BCUT2D eigenvalue weighted by atomic mass is 10.0. The van der Waals surface area contributed by atoms with E-state index >= 15 is 0 Å². The first-order valence-corrected chi connectivity index (χ1v) is 15.0. The Morgan fingerprint density at radius 2 is 1.77 bits per heavy atom. The van der Waals surface area contributed by atoms with Gasteiger partial charge in [0.2, 0.25) is 10.0 Å². The van der Waals surface area contributed by atoms with Crippen LogP contribution in [0.4, 0.5) is 5.69 Å². The second-order valence-electron chi connectivity index (χ2n) is 9.01. The molecule has 2 aromatic carbocycles. The van der Waals surface area contributed by atoms with Crippen molar-refractivity contribution in [2.75, 3.05) is 17.0 Å². The fourth-order valence-electron chi connectivity index (χ4n) is 4.15. The van der Waals surface area contributed by atoms with Crippen molar-refractivity contribution in [3.63, 3.8) is 0 Å². The standard InChI is InChI=1S/C29H29N3O6S2/c1-6-25(33)32-16-22(27-21(29(32)35)15-24(39-27)28(34)30-7-2)20-14-19(31-40(36,37)8-3)12-13-23(20)38-26-17(4)10-9-11-18(26)5/h6,9-16,31H,1,7-8H2,2-5H3,(H,30,34). The summed E-state index contributed by atoms with van der Waals surface area (Å²) in [7, 11) is -3.61. The van der Waals surface area contributed by atoms with E-state index in [4.69, 9.17) is 4.74 Å². The molecule has 1 amide bonds. The topological polar surface area (TPSA) is 124 Å². The Balaban J connectivity index is 2.06. The number of aromatic nitrogens is 1. The molecule has 0 aliphatic heterocycles. The molecule has 0 unspecified atom stereocenters. The number of nitrogens with one attached hydrogen (secondary N) is 2. The average Bonchev–Trinajstić information content (AvgIpc) is 3.38. The number of carbonyl (C=O) groups is 2. The first-order valence-electron chi connectivity index (χ1n) is 12.5. The highest BCUT2D eigenvalue weighted by Gasteiger charge is 2.22. The van der Waals surface area contributed by atoms with Crippen LogP contribution in [0.25, 0.3) is 21.2 Å². The number of hydrogen-bond acceptors (Lipinski definition) is 7. The van der Waals surface area contributed by atoms with Gasteiger partial charge in [-0.05, 0) is 69.2 Å². The van der Waals surface area contributed by atoms with Crippen LogP contribution in [-0.2, 0) is 10.0 Å². The largest absolute Gasteiger partial charge is 0.456 e. The molecule has 2 heterocycles. The van der Waals surface area contributed by atoms with Crippen molar-refractivity contribution < 1.29 is 22.7 Å². The van der Waals surface area contributed by atoms with Crippen LogP contribution in [0.1, 0.15) is 39.4 Å². The second kappa shape index (κ2) is 11.5. The summed E-state index contributed by atoms with van der Waals surface area (Å²) >= 11 is 1.10. The Labute approximate surface area is 236 Å². The van der Waals surface area contributed by atoms with Crippen molar-refractivity contribution in [2.24, 2.45) is 0 Å². The highest BCUT2D eigenvalue weighted by Crippen LogP contribution is 2.42. The summed E-state index contributed by atoms with van der Waals surface area (Å²) in [6, 6.07) is 12.0. The summed E-state index contributed by atoms with van der Waals surface area (Å²) in [5.74, 6) is -0.160. The first-order chi connectivity index (χ1) is 19.0. The van der Waals surface area contributed by atoms with E-state index in [1.807, 2.05) is 32.0 Å². The SMILES string of the molecule is C=CC(=O)n1cc(-c2cc(NS(=O)(=O)CC)ccc2Oc2c(C)cccc2C)c2sc(C(=O)NCC)cc2c1=O. The van der Waals surface area contributed by atoms with E-state index in [0.717, 1.165) is 33.1 Å². The number of allylic oxidation sites excluding steroid dienone is 1. The minimum Gasteiger partial charge on any atom is -0.456 e. The van der Waals surface area contributed by atoms with Gasteiger partial charge in [0.05, 0.1) is 20.7 Å². The third kappa shape index (κ3) is 5.70. The van der Waals surface area contributed by atoms with Crippen LogP contribution in [-0.4, -0.2) is 37.1 Å². The van der Waals surface area contributed by atoms with Gasteiger partial charge >= 0.3 is 0 Å². The van der Waals surface area contributed by atoms with Gasteiger partial charge in [-0.25, -0.2) is 13.0 Å². The lowest BCUT2D eigenvalue weighted by molar-refractivity contribution is 0.0954.